The maximum atomic E-state index is 6.32. The highest BCUT2D eigenvalue weighted by Gasteiger charge is 2.28. The Labute approximate surface area is 109 Å². The van der Waals surface area contributed by atoms with Crippen molar-refractivity contribution in [1.29, 1.82) is 0 Å². The van der Waals surface area contributed by atoms with Crippen LogP contribution in [0.25, 0.3) is 0 Å². The van der Waals surface area contributed by atoms with Crippen molar-refractivity contribution in [3.63, 3.8) is 0 Å². The molecule has 100 valence electrons. The number of para-hydroxylation sites is 1. The van der Waals surface area contributed by atoms with Crippen LogP contribution in [0.4, 0.5) is 0 Å². The van der Waals surface area contributed by atoms with Crippen LogP contribution in [0, 0.1) is 0 Å². The van der Waals surface area contributed by atoms with Crippen LogP contribution >= 0.6 is 0 Å². The summed E-state index contributed by atoms with van der Waals surface area (Å²) in [6.07, 6.45) is 1.98. The predicted octanol–water partition coefficient (Wildman–Crippen LogP) is 2.70. The topological polar surface area (TPSA) is 44.5 Å². The molecule has 3 heteroatoms. The van der Waals surface area contributed by atoms with Gasteiger partial charge in [0.15, 0.2) is 0 Å². The van der Waals surface area contributed by atoms with Crippen molar-refractivity contribution in [2.24, 2.45) is 5.73 Å². The minimum atomic E-state index is -0.273. The second kappa shape index (κ2) is 5.72. The fraction of sp³-hybridized carbons (Fsp3) is 0.600. The van der Waals surface area contributed by atoms with Gasteiger partial charge in [0.25, 0.3) is 0 Å². The van der Waals surface area contributed by atoms with Gasteiger partial charge in [0.05, 0.1) is 13.2 Å². The Morgan fingerprint density at radius 2 is 2.22 bits per heavy atom. The van der Waals surface area contributed by atoms with Crippen molar-refractivity contribution in [2.75, 3.05) is 19.8 Å². The van der Waals surface area contributed by atoms with Gasteiger partial charge in [-0.1, -0.05) is 18.2 Å². The second-order valence-electron chi connectivity index (χ2n) is 5.37. The summed E-state index contributed by atoms with van der Waals surface area (Å²) < 4.78 is 11.1. The van der Waals surface area contributed by atoms with Gasteiger partial charge in [-0.3, -0.25) is 0 Å². The van der Waals surface area contributed by atoms with Gasteiger partial charge in [-0.25, -0.2) is 0 Å². The summed E-state index contributed by atoms with van der Waals surface area (Å²) in [6.45, 7) is 6.19. The lowest BCUT2D eigenvalue weighted by Gasteiger charge is -2.33. The van der Waals surface area contributed by atoms with Crippen LogP contribution in [0.15, 0.2) is 24.3 Å². The molecular formula is C15H23NO2. The van der Waals surface area contributed by atoms with E-state index in [0.29, 0.717) is 12.5 Å². The number of rotatable bonds is 5. The van der Waals surface area contributed by atoms with E-state index in [-0.39, 0.29) is 5.54 Å². The summed E-state index contributed by atoms with van der Waals surface area (Å²) in [5, 5.41) is 0. The summed E-state index contributed by atoms with van der Waals surface area (Å²) in [4.78, 5) is 0. The molecule has 0 bridgehead atoms. The summed E-state index contributed by atoms with van der Waals surface area (Å²) in [6, 6.07) is 8.27. The van der Waals surface area contributed by atoms with Crippen LogP contribution in [-0.2, 0) is 4.74 Å². The second-order valence-corrected chi connectivity index (χ2v) is 5.37. The van der Waals surface area contributed by atoms with Crippen molar-refractivity contribution in [3.05, 3.63) is 29.8 Å². The number of fused-ring (bicyclic) bond motifs is 1. The first-order valence-corrected chi connectivity index (χ1v) is 6.71. The fourth-order valence-corrected chi connectivity index (χ4v) is 2.58. The van der Waals surface area contributed by atoms with E-state index >= 15 is 0 Å². The van der Waals surface area contributed by atoms with E-state index in [9.17, 15) is 0 Å². The van der Waals surface area contributed by atoms with Crippen molar-refractivity contribution in [1.82, 2.24) is 0 Å². The molecule has 1 aromatic rings. The van der Waals surface area contributed by atoms with Crippen LogP contribution in [-0.4, -0.2) is 25.4 Å². The standard InChI is InChI=1S/C15H23NO2/c1-3-17-11-15(2,16)10-12-8-9-18-14-7-5-4-6-13(12)14/h4-7,12H,3,8-11,16H2,1-2H3. The van der Waals surface area contributed by atoms with Crippen LogP contribution < -0.4 is 10.5 Å². The van der Waals surface area contributed by atoms with Gasteiger partial charge in [0.2, 0.25) is 0 Å². The Bertz CT molecular complexity index is 390. The molecule has 0 aromatic heterocycles. The van der Waals surface area contributed by atoms with E-state index in [1.807, 2.05) is 19.1 Å². The van der Waals surface area contributed by atoms with Crippen LogP contribution in [0.1, 0.15) is 38.2 Å². The van der Waals surface area contributed by atoms with E-state index in [1.165, 1.54) is 5.56 Å². The molecule has 0 fully saturated rings. The molecule has 0 aliphatic carbocycles. The van der Waals surface area contributed by atoms with Crippen LogP contribution in [0.3, 0.4) is 0 Å². The first-order valence-electron chi connectivity index (χ1n) is 6.71. The molecule has 1 heterocycles. The van der Waals surface area contributed by atoms with Gasteiger partial charge >= 0.3 is 0 Å². The van der Waals surface area contributed by atoms with Crippen molar-refractivity contribution >= 4 is 0 Å². The molecule has 0 saturated heterocycles. The average Bonchev–Trinajstić information content (AvgIpc) is 2.37. The molecule has 1 aliphatic heterocycles. The average molecular weight is 249 g/mol. The number of hydrogen-bond acceptors (Lipinski definition) is 3. The molecule has 0 radical (unpaired) electrons. The summed E-state index contributed by atoms with van der Waals surface area (Å²) >= 11 is 0. The number of hydrogen-bond donors (Lipinski definition) is 1. The van der Waals surface area contributed by atoms with E-state index < -0.39 is 0 Å². The van der Waals surface area contributed by atoms with E-state index in [0.717, 1.165) is 31.8 Å². The molecule has 2 N–H and O–H groups in total. The van der Waals surface area contributed by atoms with Crippen LogP contribution in [0.2, 0.25) is 0 Å². The zero-order valence-electron chi connectivity index (χ0n) is 11.3. The molecule has 2 unspecified atom stereocenters. The highest BCUT2D eigenvalue weighted by molar-refractivity contribution is 5.38. The molecule has 0 saturated carbocycles. The fourth-order valence-electron chi connectivity index (χ4n) is 2.58. The Kier molecular flexibility index (Phi) is 4.25. The Morgan fingerprint density at radius 3 is 3.00 bits per heavy atom. The molecule has 18 heavy (non-hydrogen) atoms. The quantitative estimate of drug-likeness (QED) is 0.872. The molecule has 1 aromatic carbocycles. The van der Waals surface area contributed by atoms with Gasteiger partial charge < -0.3 is 15.2 Å². The van der Waals surface area contributed by atoms with E-state index in [2.05, 4.69) is 19.1 Å². The Hall–Kier alpha value is -1.06. The maximum absolute atomic E-state index is 6.32. The number of ether oxygens (including phenoxy) is 2. The summed E-state index contributed by atoms with van der Waals surface area (Å²) in [5.41, 5.74) is 7.34. The molecule has 0 spiro atoms. The summed E-state index contributed by atoms with van der Waals surface area (Å²) in [7, 11) is 0. The highest BCUT2D eigenvalue weighted by Crippen LogP contribution is 2.37. The monoisotopic (exact) mass is 249 g/mol. The largest absolute Gasteiger partial charge is 0.493 e. The summed E-state index contributed by atoms with van der Waals surface area (Å²) in [5.74, 6) is 1.49. The minimum absolute atomic E-state index is 0.273. The molecule has 1 aliphatic rings. The van der Waals surface area contributed by atoms with Crippen molar-refractivity contribution < 1.29 is 9.47 Å². The Balaban J connectivity index is 2.06. The molecular weight excluding hydrogens is 226 g/mol. The van der Waals surface area contributed by atoms with E-state index in [4.69, 9.17) is 15.2 Å². The maximum Gasteiger partial charge on any atom is 0.122 e. The van der Waals surface area contributed by atoms with Crippen LogP contribution in [0.5, 0.6) is 5.75 Å². The van der Waals surface area contributed by atoms with Gasteiger partial charge in [-0.15, -0.1) is 0 Å². The third kappa shape index (κ3) is 3.24. The van der Waals surface area contributed by atoms with Gasteiger partial charge in [-0.05, 0) is 44.2 Å². The first kappa shape index (κ1) is 13.4. The van der Waals surface area contributed by atoms with Gasteiger partial charge in [-0.2, -0.15) is 0 Å². The number of benzene rings is 1. The smallest absolute Gasteiger partial charge is 0.122 e. The lowest BCUT2D eigenvalue weighted by Crippen LogP contribution is -2.43. The molecule has 2 atom stereocenters. The van der Waals surface area contributed by atoms with Crippen molar-refractivity contribution in [3.8, 4) is 5.75 Å². The number of nitrogens with two attached hydrogens (primary N) is 1. The lowest BCUT2D eigenvalue weighted by atomic mass is 9.82. The SMILES string of the molecule is CCOCC(C)(N)CC1CCOc2ccccc21. The Morgan fingerprint density at radius 1 is 1.44 bits per heavy atom. The van der Waals surface area contributed by atoms with Gasteiger partial charge in [0.1, 0.15) is 5.75 Å². The molecule has 0 amide bonds. The zero-order chi connectivity index (χ0) is 13.0. The van der Waals surface area contributed by atoms with Gasteiger partial charge in [0, 0.05) is 12.1 Å². The normalized spacial score (nSPS) is 21.8. The van der Waals surface area contributed by atoms with E-state index in [1.54, 1.807) is 0 Å². The highest BCUT2D eigenvalue weighted by atomic mass is 16.5. The first-order chi connectivity index (χ1) is 8.62. The lowest BCUT2D eigenvalue weighted by molar-refractivity contribution is 0.0915. The third-order valence-electron chi connectivity index (χ3n) is 3.43. The molecule has 3 nitrogen and oxygen atoms in total. The third-order valence-corrected chi connectivity index (χ3v) is 3.43. The zero-order valence-corrected chi connectivity index (χ0v) is 11.3. The van der Waals surface area contributed by atoms with Crippen molar-refractivity contribution in [2.45, 2.75) is 38.1 Å². The minimum Gasteiger partial charge on any atom is -0.493 e. The predicted molar refractivity (Wildman–Crippen MR) is 73.0 cm³/mol. The molecule has 2 rings (SSSR count).